The quantitative estimate of drug-likeness (QED) is 0.387. The van der Waals surface area contributed by atoms with Gasteiger partial charge in [0.15, 0.2) is 5.60 Å². The molecule has 2 heterocycles. The molecule has 0 N–H and O–H groups in total. The number of carbonyl (C=O) groups excluding carboxylic acids is 1. The number of anilines is 1. The van der Waals surface area contributed by atoms with E-state index in [0.717, 1.165) is 27.9 Å². The minimum absolute atomic E-state index is 0.319. The molecular weight excluding hydrogens is 434 g/mol. The monoisotopic (exact) mass is 459 g/mol. The van der Waals surface area contributed by atoms with Crippen molar-refractivity contribution in [3.63, 3.8) is 0 Å². The van der Waals surface area contributed by atoms with E-state index in [9.17, 15) is 4.79 Å². The van der Waals surface area contributed by atoms with Gasteiger partial charge in [-0.2, -0.15) is 0 Å². The minimum Gasteiger partial charge on any atom is -0.456 e. The topological polar surface area (TPSA) is 38.8 Å². The van der Waals surface area contributed by atoms with E-state index in [4.69, 9.17) is 21.1 Å². The zero-order chi connectivity index (χ0) is 22.7. The van der Waals surface area contributed by atoms with Crippen molar-refractivity contribution in [1.82, 2.24) is 0 Å². The van der Waals surface area contributed by atoms with Crippen molar-refractivity contribution in [1.29, 1.82) is 0 Å². The summed E-state index contributed by atoms with van der Waals surface area (Å²) in [5, 5.41) is 0.625. The number of halogens is 1. The van der Waals surface area contributed by atoms with Crippen molar-refractivity contribution in [3.8, 4) is 11.5 Å². The second kappa shape index (κ2) is 7.53. The molecule has 1 fully saturated rings. The summed E-state index contributed by atoms with van der Waals surface area (Å²) in [7, 11) is 2.16. The lowest BCUT2D eigenvalue weighted by atomic mass is 9.77. The molecule has 3 aliphatic rings. The Hall–Kier alpha value is -2.98. The molecule has 1 atom stereocenters. The highest BCUT2D eigenvalue weighted by Crippen LogP contribution is 2.57. The van der Waals surface area contributed by atoms with Crippen LogP contribution < -0.4 is 9.64 Å². The lowest BCUT2D eigenvalue weighted by Gasteiger charge is -2.38. The molecule has 2 aliphatic heterocycles. The average Bonchev–Trinajstić information content (AvgIpc) is 3.13. The summed E-state index contributed by atoms with van der Waals surface area (Å²) >= 11 is 6.48. The molecule has 1 unspecified atom stereocenters. The van der Waals surface area contributed by atoms with Crippen molar-refractivity contribution >= 4 is 23.3 Å². The van der Waals surface area contributed by atoms with Crippen molar-refractivity contribution in [3.05, 3.63) is 87.4 Å². The van der Waals surface area contributed by atoms with Crippen LogP contribution in [0.15, 0.2) is 54.6 Å². The summed E-state index contributed by atoms with van der Waals surface area (Å²) in [6.07, 6.45) is 6.29. The Morgan fingerprint density at radius 1 is 0.939 bits per heavy atom. The van der Waals surface area contributed by atoms with E-state index < -0.39 is 5.60 Å². The predicted molar refractivity (Wildman–Crippen MR) is 130 cm³/mol. The van der Waals surface area contributed by atoms with E-state index in [1.165, 1.54) is 32.1 Å². The molecule has 0 amide bonds. The maximum absolute atomic E-state index is 13.0. The molecular formula is C28H26ClNO3. The van der Waals surface area contributed by atoms with Crippen LogP contribution in [0.2, 0.25) is 5.02 Å². The van der Waals surface area contributed by atoms with E-state index >= 15 is 0 Å². The number of fused-ring (bicyclic) bond motifs is 6. The van der Waals surface area contributed by atoms with E-state index in [2.05, 4.69) is 30.1 Å². The third kappa shape index (κ3) is 3.00. The van der Waals surface area contributed by atoms with Crippen LogP contribution >= 0.6 is 11.6 Å². The van der Waals surface area contributed by atoms with Gasteiger partial charge in [-0.1, -0.05) is 49.1 Å². The van der Waals surface area contributed by atoms with E-state index in [1.807, 2.05) is 43.3 Å². The number of hydrogen-bond acceptors (Lipinski definition) is 4. The van der Waals surface area contributed by atoms with Crippen molar-refractivity contribution in [2.75, 3.05) is 11.9 Å². The first-order chi connectivity index (χ1) is 16.0. The zero-order valence-electron chi connectivity index (χ0n) is 18.9. The molecule has 1 spiro atoms. The lowest BCUT2D eigenvalue weighted by molar-refractivity contribution is 0.0224. The maximum atomic E-state index is 13.0. The Bertz CT molecular complexity index is 1280. The Balaban J connectivity index is 1.55. The first-order valence-electron chi connectivity index (χ1n) is 11.7. The number of benzene rings is 3. The summed E-state index contributed by atoms with van der Waals surface area (Å²) in [4.78, 5) is 15.4. The molecule has 168 valence electrons. The van der Waals surface area contributed by atoms with Gasteiger partial charge in [-0.3, -0.25) is 0 Å². The number of ether oxygens (including phenoxy) is 2. The van der Waals surface area contributed by atoms with Gasteiger partial charge in [0.2, 0.25) is 0 Å². The van der Waals surface area contributed by atoms with Gasteiger partial charge in [-0.05, 0) is 49.6 Å². The fraction of sp³-hybridized carbons (Fsp3) is 0.321. The minimum atomic E-state index is -1.05. The molecule has 33 heavy (non-hydrogen) atoms. The van der Waals surface area contributed by atoms with Crippen molar-refractivity contribution in [2.45, 2.75) is 50.7 Å². The number of nitrogens with zero attached hydrogens (tertiary/aromatic N) is 1. The van der Waals surface area contributed by atoms with Crippen LogP contribution in [0.25, 0.3) is 0 Å². The summed E-state index contributed by atoms with van der Waals surface area (Å²) in [5.41, 5.74) is 4.06. The number of esters is 1. The van der Waals surface area contributed by atoms with Gasteiger partial charge in [-0.25, -0.2) is 4.79 Å². The van der Waals surface area contributed by atoms with E-state index in [0.29, 0.717) is 28.1 Å². The number of hydrogen-bond donors (Lipinski definition) is 0. The fourth-order valence-electron chi connectivity index (χ4n) is 5.69. The molecule has 0 bridgehead atoms. The molecule has 6 rings (SSSR count). The van der Waals surface area contributed by atoms with Gasteiger partial charge in [0.1, 0.15) is 11.5 Å². The van der Waals surface area contributed by atoms with Gasteiger partial charge in [0, 0.05) is 52.6 Å². The van der Waals surface area contributed by atoms with Crippen LogP contribution in [0.5, 0.6) is 11.5 Å². The molecule has 0 saturated heterocycles. The normalized spacial score (nSPS) is 21.1. The van der Waals surface area contributed by atoms with Crippen LogP contribution in [-0.4, -0.2) is 19.1 Å². The second-order valence-electron chi connectivity index (χ2n) is 9.40. The van der Waals surface area contributed by atoms with Gasteiger partial charge in [-0.15, -0.1) is 0 Å². The van der Waals surface area contributed by atoms with Gasteiger partial charge in [0.05, 0.1) is 5.56 Å². The molecule has 5 heteroatoms. The molecule has 1 aliphatic carbocycles. The summed E-state index contributed by atoms with van der Waals surface area (Å²) < 4.78 is 12.7. The average molecular weight is 460 g/mol. The van der Waals surface area contributed by atoms with Crippen LogP contribution in [0.1, 0.15) is 64.7 Å². The molecule has 3 aromatic carbocycles. The van der Waals surface area contributed by atoms with Crippen molar-refractivity contribution in [2.24, 2.45) is 0 Å². The number of aryl methyl sites for hydroxylation is 1. The molecule has 0 aromatic heterocycles. The van der Waals surface area contributed by atoms with Crippen molar-refractivity contribution < 1.29 is 14.3 Å². The predicted octanol–water partition coefficient (Wildman–Crippen LogP) is 6.99. The SMILES string of the molecule is Cc1cc2c(cc1Cl)Oc1cc(N(C)C3CCCCC3)ccc1C21OC(=O)c2ccccc21. The second-order valence-corrected chi connectivity index (χ2v) is 9.81. The van der Waals surface area contributed by atoms with E-state index in [-0.39, 0.29) is 5.97 Å². The van der Waals surface area contributed by atoms with Gasteiger partial charge in [0.25, 0.3) is 0 Å². The van der Waals surface area contributed by atoms with Gasteiger partial charge < -0.3 is 14.4 Å². The fourth-order valence-corrected chi connectivity index (χ4v) is 5.84. The molecule has 0 radical (unpaired) electrons. The van der Waals surface area contributed by atoms with Crippen LogP contribution in [0.4, 0.5) is 5.69 Å². The highest BCUT2D eigenvalue weighted by molar-refractivity contribution is 6.31. The smallest absolute Gasteiger partial charge is 0.340 e. The van der Waals surface area contributed by atoms with Crippen LogP contribution in [0.3, 0.4) is 0 Å². The van der Waals surface area contributed by atoms with Crippen LogP contribution in [-0.2, 0) is 10.3 Å². The number of rotatable bonds is 2. The highest BCUT2D eigenvalue weighted by Gasteiger charge is 2.53. The largest absolute Gasteiger partial charge is 0.456 e. The van der Waals surface area contributed by atoms with E-state index in [1.54, 1.807) is 0 Å². The summed E-state index contributed by atoms with van der Waals surface area (Å²) in [6, 6.07) is 18.2. The Morgan fingerprint density at radius 2 is 1.70 bits per heavy atom. The summed E-state index contributed by atoms with van der Waals surface area (Å²) in [5.74, 6) is 1.01. The standard InChI is InChI=1S/C28H26ClNO3/c1-17-14-23-26(16-24(17)29)32-25-15-19(30(2)18-8-4-3-5-9-18)12-13-22(25)28(23)21-11-7-6-10-20(21)27(31)33-28/h6-7,10-16,18H,3-5,8-9H2,1-2H3. The molecule has 4 nitrogen and oxygen atoms in total. The lowest BCUT2D eigenvalue weighted by Crippen LogP contribution is -2.35. The maximum Gasteiger partial charge on any atom is 0.340 e. The molecule has 1 saturated carbocycles. The third-order valence-corrected chi connectivity index (χ3v) is 7.91. The number of carbonyl (C=O) groups is 1. The first-order valence-corrected chi connectivity index (χ1v) is 12.1. The Morgan fingerprint density at radius 3 is 2.52 bits per heavy atom. The summed E-state index contributed by atoms with van der Waals surface area (Å²) in [6.45, 7) is 1.96. The van der Waals surface area contributed by atoms with Gasteiger partial charge >= 0.3 is 5.97 Å². The zero-order valence-corrected chi connectivity index (χ0v) is 19.6. The first kappa shape index (κ1) is 20.6. The Labute approximate surface area is 199 Å². The molecule has 3 aromatic rings. The highest BCUT2D eigenvalue weighted by atomic mass is 35.5. The third-order valence-electron chi connectivity index (χ3n) is 7.51. The Kier molecular flexibility index (Phi) is 4.70. The van der Waals surface area contributed by atoms with Crippen LogP contribution in [0, 0.1) is 6.92 Å².